The number of hydrogen-bond donors (Lipinski definition) is 2. The number of fused-ring (bicyclic) bond motifs is 1. The van der Waals surface area contributed by atoms with Crippen LogP contribution in [0.4, 0.5) is 5.69 Å². The van der Waals surface area contributed by atoms with Crippen molar-refractivity contribution in [3.8, 4) is 11.5 Å². The number of rotatable bonds is 2. The number of nitrogens with one attached hydrogen (secondary N) is 1. The number of hydrogen-bond acceptors (Lipinski definition) is 3. The van der Waals surface area contributed by atoms with Gasteiger partial charge in [-0.25, -0.2) is 0 Å². The van der Waals surface area contributed by atoms with Crippen LogP contribution < -0.4 is 10.1 Å². The van der Waals surface area contributed by atoms with E-state index in [1.54, 1.807) is 13.2 Å². The third kappa shape index (κ3) is 1.78. The molecule has 3 heteroatoms. The molecule has 2 aromatic carbocycles. The molecule has 18 heavy (non-hydrogen) atoms. The lowest BCUT2D eigenvalue weighted by molar-refractivity contribution is 0.407. The lowest BCUT2D eigenvalue weighted by Gasteiger charge is -2.15. The number of ether oxygens (including phenoxy) is 1. The fraction of sp³-hybridized carbons (Fsp3) is 0.200. The van der Waals surface area contributed by atoms with E-state index >= 15 is 0 Å². The molecule has 0 saturated heterocycles. The highest BCUT2D eigenvalue weighted by Gasteiger charge is 2.24. The average Bonchev–Trinajstić information content (AvgIpc) is 2.81. The van der Waals surface area contributed by atoms with E-state index in [0.717, 1.165) is 29.0 Å². The Hall–Kier alpha value is -2.16. The third-order valence-corrected chi connectivity index (χ3v) is 3.36. The number of anilines is 1. The predicted octanol–water partition coefficient (Wildman–Crippen LogP) is 3.11. The first-order valence-electron chi connectivity index (χ1n) is 5.99. The van der Waals surface area contributed by atoms with E-state index in [-0.39, 0.29) is 6.04 Å². The Balaban J connectivity index is 1.93. The highest BCUT2D eigenvalue weighted by molar-refractivity contribution is 5.61. The zero-order valence-electron chi connectivity index (χ0n) is 10.2. The summed E-state index contributed by atoms with van der Waals surface area (Å²) >= 11 is 0. The molecule has 0 radical (unpaired) electrons. The van der Waals surface area contributed by atoms with Crippen molar-refractivity contribution in [2.75, 3.05) is 12.4 Å². The second kappa shape index (κ2) is 4.26. The first kappa shape index (κ1) is 11.0. The highest BCUT2D eigenvalue weighted by Crippen LogP contribution is 2.38. The molecule has 1 unspecified atom stereocenters. The van der Waals surface area contributed by atoms with E-state index in [2.05, 4.69) is 11.4 Å². The quantitative estimate of drug-likeness (QED) is 0.794. The summed E-state index contributed by atoms with van der Waals surface area (Å²) in [5, 5.41) is 13.0. The van der Waals surface area contributed by atoms with Crippen LogP contribution in [0.1, 0.15) is 17.2 Å². The van der Waals surface area contributed by atoms with Gasteiger partial charge in [0.2, 0.25) is 0 Å². The minimum absolute atomic E-state index is 0.206. The summed E-state index contributed by atoms with van der Waals surface area (Å²) in [4.78, 5) is 0. The predicted molar refractivity (Wildman–Crippen MR) is 71.2 cm³/mol. The van der Waals surface area contributed by atoms with Crippen molar-refractivity contribution >= 4 is 5.69 Å². The molecular weight excluding hydrogens is 226 g/mol. The van der Waals surface area contributed by atoms with Crippen LogP contribution in [-0.4, -0.2) is 12.2 Å². The fourth-order valence-corrected chi connectivity index (χ4v) is 2.49. The zero-order valence-corrected chi connectivity index (χ0v) is 10.2. The molecule has 3 rings (SSSR count). The Morgan fingerprint density at radius 1 is 1.22 bits per heavy atom. The topological polar surface area (TPSA) is 41.5 Å². The Morgan fingerprint density at radius 3 is 2.89 bits per heavy atom. The first-order valence-corrected chi connectivity index (χ1v) is 5.99. The van der Waals surface area contributed by atoms with Crippen LogP contribution in [-0.2, 0) is 6.42 Å². The van der Waals surface area contributed by atoms with Crippen LogP contribution in [0.2, 0.25) is 0 Å². The maximum absolute atomic E-state index is 9.50. The number of para-hydroxylation sites is 1. The van der Waals surface area contributed by atoms with Crippen LogP contribution in [0.3, 0.4) is 0 Å². The molecule has 92 valence electrons. The lowest BCUT2D eigenvalue weighted by atomic mass is 10.0. The van der Waals surface area contributed by atoms with Crippen LogP contribution >= 0.6 is 0 Å². The number of methoxy groups -OCH3 is 1. The van der Waals surface area contributed by atoms with Crippen LogP contribution in [0.25, 0.3) is 0 Å². The second-order valence-electron chi connectivity index (χ2n) is 4.48. The van der Waals surface area contributed by atoms with Crippen molar-refractivity contribution < 1.29 is 9.84 Å². The number of phenolic OH excluding ortho intramolecular Hbond substituents is 1. The monoisotopic (exact) mass is 241 g/mol. The number of benzene rings is 2. The van der Waals surface area contributed by atoms with Crippen LogP contribution in [0, 0.1) is 0 Å². The Bertz CT molecular complexity index is 580. The molecule has 0 aromatic heterocycles. The molecule has 1 aliphatic rings. The van der Waals surface area contributed by atoms with Crippen molar-refractivity contribution in [2.45, 2.75) is 12.5 Å². The van der Waals surface area contributed by atoms with Gasteiger partial charge >= 0.3 is 0 Å². The summed E-state index contributed by atoms with van der Waals surface area (Å²) in [5.41, 5.74) is 3.38. The Labute approximate surface area is 106 Å². The molecule has 0 amide bonds. The van der Waals surface area contributed by atoms with E-state index < -0.39 is 0 Å². The molecule has 0 fully saturated rings. The zero-order chi connectivity index (χ0) is 12.5. The van der Waals surface area contributed by atoms with E-state index in [1.165, 1.54) is 0 Å². The van der Waals surface area contributed by atoms with Gasteiger partial charge in [-0.1, -0.05) is 18.2 Å². The minimum atomic E-state index is 0.206. The SMILES string of the molecule is COc1ccccc1C1Cc2cc(O)ccc2N1. The number of phenols is 1. The molecule has 1 aliphatic heterocycles. The summed E-state index contributed by atoms with van der Waals surface area (Å²) in [6, 6.07) is 13.7. The van der Waals surface area contributed by atoms with Crippen molar-refractivity contribution in [3.05, 3.63) is 53.6 Å². The molecule has 1 heterocycles. The molecular formula is C15H15NO2. The maximum Gasteiger partial charge on any atom is 0.124 e. The van der Waals surface area contributed by atoms with Gasteiger partial charge in [0.05, 0.1) is 13.2 Å². The largest absolute Gasteiger partial charge is 0.508 e. The standard InChI is InChI=1S/C15H15NO2/c1-18-15-5-3-2-4-12(15)14-9-10-8-11(17)6-7-13(10)16-14/h2-8,14,16-17H,9H2,1H3. The van der Waals surface area contributed by atoms with Gasteiger partial charge in [0.25, 0.3) is 0 Å². The van der Waals surface area contributed by atoms with Gasteiger partial charge in [-0.15, -0.1) is 0 Å². The molecule has 0 saturated carbocycles. The van der Waals surface area contributed by atoms with Crippen LogP contribution in [0.15, 0.2) is 42.5 Å². The molecule has 0 spiro atoms. The van der Waals surface area contributed by atoms with Gasteiger partial charge < -0.3 is 15.2 Å². The second-order valence-corrected chi connectivity index (χ2v) is 4.48. The highest BCUT2D eigenvalue weighted by atomic mass is 16.5. The van der Waals surface area contributed by atoms with Crippen molar-refractivity contribution in [1.82, 2.24) is 0 Å². The van der Waals surface area contributed by atoms with Gasteiger partial charge in [0.1, 0.15) is 11.5 Å². The lowest BCUT2D eigenvalue weighted by Crippen LogP contribution is -2.07. The minimum Gasteiger partial charge on any atom is -0.508 e. The van der Waals surface area contributed by atoms with Crippen LogP contribution in [0.5, 0.6) is 11.5 Å². The normalized spacial score (nSPS) is 17.1. The molecule has 2 N–H and O–H groups in total. The van der Waals surface area contributed by atoms with Gasteiger partial charge in [-0.05, 0) is 36.2 Å². The van der Waals surface area contributed by atoms with Gasteiger partial charge in [0, 0.05) is 11.3 Å². The summed E-state index contributed by atoms with van der Waals surface area (Å²) in [5.74, 6) is 1.21. The summed E-state index contributed by atoms with van der Waals surface area (Å²) < 4.78 is 5.39. The van der Waals surface area contributed by atoms with E-state index in [1.807, 2.05) is 30.3 Å². The molecule has 3 nitrogen and oxygen atoms in total. The molecule has 0 bridgehead atoms. The van der Waals surface area contributed by atoms with Gasteiger partial charge in [0.15, 0.2) is 0 Å². The maximum atomic E-state index is 9.50. The Kier molecular flexibility index (Phi) is 2.59. The fourth-order valence-electron chi connectivity index (χ4n) is 2.49. The third-order valence-electron chi connectivity index (χ3n) is 3.36. The smallest absolute Gasteiger partial charge is 0.124 e. The molecule has 2 aromatic rings. The summed E-state index contributed by atoms with van der Waals surface area (Å²) in [7, 11) is 1.69. The first-order chi connectivity index (χ1) is 8.78. The average molecular weight is 241 g/mol. The van der Waals surface area contributed by atoms with E-state index in [9.17, 15) is 5.11 Å². The number of aromatic hydroxyl groups is 1. The summed E-state index contributed by atoms with van der Waals surface area (Å²) in [6.45, 7) is 0. The van der Waals surface area contributed by atoms with E-state index in [4.69, 9.17) is 4.74 Å². The molecule has 1 atom stereocenters. The van der Waals surface area contributed by atoms with Gasteiger partial charge in [-0.3, -0.25) is 0 Å². The molecule has 0 aliphatic carbocycles. The van der Waals surface area contributed by atoms with Gasteiger partial charge in [-0.2, -0.15) is 0 Å². The van der Waals surface area contributed by atoms with Crippen molar-refractivity contribution in [1.29, 1.82) is 0 Å². The Morgan fingerprint density at radius 2 is 2.06 bits per heavy atom. The van der Waals surface area contributed by atoms with E-state index in [0.29, 0.717) is 5.75 Å². The summed E-state index contributed by atoms with van der Waals surface area (Å²) in [6.07, 6.45) is 0.865. The van der Waals surface area contributed by atoms with Crippen molar-refractivity contribution in [2.24, 2.45) is 0 Å². The van der Waals surface area contributed by atoms with Crippen molar-refractivity contribution in [3.63, 3.8) is 0 Å².